The molecule has 2 rings (SSSR count). The third-order valence-electron chi connectivity index (χ3n) is 3.39. The monoisotopic (exact) mass is 273 g/mol. The van der Waals surface area contributed by atoms with Gasteiger partial charge in [0, 0.05) is 28.7 Å². The molecule has 1 aromatic rings. The lowest BCUT2D eigenvalue weighted by molar-refractivity contribution is 0.131. The lowest BCUT2D eigenvalue weighted by atomic mass is 10.1. The maximum atomic E-state index is 9.70. The van der Waals surface area contributed by atoms with E-state index in [0.29, 0.717) is 22.5 Å². The van der Waals surface area contributed by atoms with Crippen LogP contribution in [0.5, 0.6) is 0 Å². The second-order valence-electron chi connectivity index (χ2n) is 4.59. The molecule has 2 atom stereocenters. The van der Waals surface area contributed by atoms with Gasteiger partial charge in [-0.05, 0) is 30.9 Å². The normalized spacial score (nSPS) is 24.2. The SMILES string of the molecule is OC1CCCC1CNCc1c(Cl)cccc1Cl. The molecule has 2 nitrogen and oxygen atoms in total. The van der Waals surface area contributed by atoms with E-state index in [1.165, 1.54) is 0 Å². The average molecular weight is 274 g/mol. The maximum Gasteiger partial charge on any atom is 0.0580 e. The maximum absolute atomic E-state index is 9.70. The van der Waals surface area contributed by atoms with Gasteiger partial charge >= 0.3 is 0 Å². The van der Waals surface area contributed by atoms with Crippen molar-refractivity contribution < 1.29 is 5.11 Å². The van der Waals surface area contributed by atoms with E-state index in [0.717, 1.165) is 31.4 Å². The summed E-state index contributed by atoms with van der Waals surface area (Å²) in [6.45, 7) is 1.48. The van der Waals surface area contributed by atoms with Crippen molar-refractivity contribution in [3.8, 4) is 0 Å². The molecule has 2 N–H and O–H groups in total. The summed E-state index contributed by atoms with van der Waals surface area (Å²) in [6, 6.07) is 5.53. The number of halogens is 2. The van der Waals surface area contributed by atoms with Crippen LogP contribution in [0.1, 0.15) is 24.8 Å². The number of benzene rings is 1. The first-order valence-electron chi connectivity index (χ1n) is 6.00. The number of aliphatic hydroxyl groups excluding tert-OH is 1. The van der Waals surface area contributed by atoms with Crippen LogP contribution in [-0.4, -0.2) is 17.8 Å². The van der Waals surface area contributed by atoms with Gasteiger partial charge < -0.3 is 10.4 Å². The molecule has 1 fully saturated rings. The summed E-state index contributed by atoms with van der Waals surface area (Å²) < 4.78 is 0. The van der Waals surface area contributed by atoms with Crippen LogP contribution < -0.4 is 5.32 Å². The fraction of sp³-hybridized carbons (Fsp3) is 0.538. The van der Waals surface area contributed by atoms with Crippen LogP contribution in [0.3, 0.4) is 0 Å². The molecule has 1 aliphatic carbocycles. The zero-order valence-electron chi connectivity index (χ0n) is 9.63. The quantitative estimate of drug-likeness (QED) is 0.883. The number of nitrogens with one attached hydrogen (secondary N) is 1. The van der Waals surface area contributed by atoms with Crippen molar-refractivity contribution in [3.05, 3.63) is 33.8 Å². The Morgan fingerprint density at radius 3 is 2.53 bits per heavy atom. The number of hydrogen-bond donors (Lipinski definition) is 2. The highest BCUT2D eigenvalue weighted by atomic mass is 35.5. The molecule has 94 valence electrons. The Kier molecular flexibility index (Phi) is 4.69. The van der Waals surface area contributed by atoms with Crippen LogP contribution in [0, 0.1) is 5.92 Å². The molecule has 1 saturated carbocycles. The van der Waals surface area contributed by atoms with Gasteiger partial charge in [-0.3, -0.25) is 0 Å². The van der Waals surface area contributed by atoms with Gasteiger partial charge in [-0.25, -0.2) is 0 Å². The predicted octanol–water partition coefficient (Wildman–Crippen LogP) is 3.24. The molecule has 0 radical (unpaired) electrons. The molecule has 4 heteroatoms. The van der Waals surface area contributed by atoms with E-state index >= 15 is 0 Å². The summed E-state index contributed by atoms with van der Waals surface area (Å²) in [5.74, 6) is 0.372. The minimum Gasteiger partial charge on any atom is -0.393 e. The molecular weight excluding hydrogens is 257 g/mol. The van der Waals surface area contributed by atoms with E-state index in [1.54, 1.807) is 0 Å². The van der Waals surface area contributed by atoms with Crippen molar-refractivity contribution in [2.45, 2.75) is 31.9 Å². The molecule has 0 spiro atoms. The predicted molar refractivity (Wildman–Crippen MR) is 71.5 cm³/mol. The minimum atomic E-state index is -0.149. The Bertz CT molecular complexity index is 363. The first kappa shape index (κ1) is 13.2. The van der Waals surface area contributed by atoms with Gasteiger partial charge in [-0.1, -0.05) is 35.7 Å². The summed E-state index contributed by atoms with van der Waals surface area (Å²) in [4.78, 5) is 0. The van der Waals surface area contributed by atoms with Crippen LogP contribution in [0.4, 0.5) is 0 Å². The van der Waals surface area contributed by atoms with Crippen molar-refractivity contribution in [1.82, 2.24) is 5.32 Å². The van der Waals surface area contributed by atoms with E-state index in [1.807, 2.05) is 18.2 Å². The van der Waals surface area contributed by atoms with E-state index < -0.39 is 0 Å². The van der Waals surface area contributed by atoms with Crippen LogP contribution in [0.15, 0.2) is 18.2 Å². The Morgan fingerprint density at radius 2 is 1.94 bits per heavy atom. The lowest BCUT2D eigenvalue weighted by Crippen LogP contribution is -2.27. The van der Waals surface area contributed by atoms with E-state index in [9.17, 15) is 5.11 Å². The molecule has 0 aliphatic heterocycles. The Labute approximate surface area is 112 Å². The largest absolute Gasteiger partial charge is 0.393 e. The van der Waals surface area contributed by atoms with Crippen LogP contribution in [-0.2, 0) is 6.54 Å². The summed E-state index contributed by atoms with van der Waals surface area (Å²) in [5, 5.41) is 14.4. The Hall–Kier alpha value is -0.280. The van der Waals surface area contributed by atoms with Crippen molar-refractivity contribution in [2.24, 2.45) is 5.92 Å². The summed E-state index contributed by atoms with van der Waals surface area (Å²) in [5.41, 5.74) is 0.934. The van der Waals surface area contributed by atoms with Crippen molar-refractivity contribution in [3.63, 3.8) is 0 Å². The molecule has 2 unspecified atom stereocenters. The highest BCUT2D eigenvalue weighted by molar-refractivity contribution is 6.35. The molecule has 17 heavy (non-hydrogen) atoms. The Morgan fingerprint density at radius 1 is 1.24 bits per heavy atom. The van der Waals surface area contributed by atoms with E-state index in [2.05, 4.69) is 5.32 Å². The molecule has 0 amide bonds. The fourth-order valence-electron chi connectivity index (χ4n) is 2.34. The van der Waals surface area contributed by atoms with Gasteiger partial charge in [0.05, 0.1) is 6.10 Å². The zero-order valence-corrected chi connectivity index (χ0v) is 11.1. The summed E-state index contributed by atoms with van der Waals surface area (Å²) in [7, 11) is 0. The second-order valence-corrected chi connectivity index (χ2v) is 5.40. The Balaban J connectivity index is 1.86. The minimum absolute atomic E-state index is 0.149. The number of rotatable bonds is 4. The highest BCUT2D eigenvalue weighted by Gasteiger charge is 2.24. The second kappa shape index (κ2) is 6.05. The van der Waals surface area contributed by atoms with Crippen LogP contribution in [0.2, 0.25) is 10.0 Å². The molecule has 1 aliphatic rings. The number of aliphatic hydroxyl groups is 1. The molecule has 0 aromatic heterocycles. The van der Waals surface area contributed by atoms with Crippen molar-refractivity contribution in [1.29, 1.82) is 0 Å². The standard InChI is InChI=1S/C13H17Cl2NO/c14-11-4-2-5-12(15)10(11)8-16-7-9-3-1-6-13(9)17/h2,4-5,9,13,16-17H,1,3,6-8H2. The fourth-order valence-corrected chi connectivity index (χ4v) is 2.87. The molecule has 1 aromatic carbocycles. The molecule has 0 bridgehead atoms. The first-order chi connectivity index (χ1) is 8.18. The molecule has 0 heterocycles. The van der Waals surface area contributed by atoms with Gasteiger partial charge in [-0.2, -0.15) is 0 Å². The van der Waals surface area contributed by atoms with Gasteiger partial charge in [0.1, 0.15) is 0 Å². The summed E-state index contributed by atoms with van der Waals surface area (Å²) in [6.07, 6.45) is 3.01. The molecular formula is C13H17Cl2NO. The lowest BCUT2D eigenvalue weighted by Gasteiger charge is -2.15. The first-order valence-corrected chi connectivity index (χ1v) is 6.75. The third-order valence-corrected chi connectivity index (χ3v) is 4.10. The average Bonchev–Trinajstić information content (AvgIpc) is 2.69. The van der Waals surface area contributed by atoms with E-state index in [-0.39, 0.29) is 6.10 Å². The summed E-state index contributed by atoms with van der Waals surface area (Å²) >= 11 is 12.2. The van der Waals surface area contributed by atoms with Gasteiger partial charge in [0.25, 0.3) is 0 Å². The smallest absolute Gasteiger partial charge is 0.0580 e. The third kappa shape index (κ3) is 3.35. The topological polar surface area (TPSA) is 32.3 Å². The van der Waals surface area contributed by atoms with Crippen LogP contribution >= 0.6 is 23.2 Å². The van der Waals surface area contributed by atoms with Gasteiger partial charge in [0.2, 0.25) is 0 Å². The number of hydrogen-bond acceptors (Lipinski definition) is 2. The zero-order chi connectivity index (χ0) is 12.3. The van der Waals surface area contributed by atoms with Gasteiger partial charge in [0.15, 0.2) is 0 Å². The highest BCUT2D eigenvalue weighted by Crippen LogP contribution is 2.26. The van der Waals surface area contributed by atoms with Crippen molar-refractivity contribution >= 4 is 23.2 Å². The molecule has 0 saturated heterocycles. The van der Waals surface area contributed by atoms with Crippen LogP contribution in [0.25, 0.3) is 0 Å². The van der Waals surface area contributed by atoms with Crippen molar-refractivity contribution in [2.75, 3.05) is 6.54 Å². The van der Waals surface area contributed by atoms with E-state index in [4.69, 9.17) is 23.2 Å². The van der Waals surface area contributed by atoms with Gasteiger partial charge in [-0.15, -0.1) is 0 Å².